The summed E-state index contributed by atoms with van der Waals surface area (Å²) in [4.78, 5) is 12.6. The maximum absolute atomic E-state index is 12.6. The molecule has 1 N–H and O–H groups in total. The van der Waals surface area contributed by atoms with Gasteiger partial charge in [0.05, 0.1) is 13.2 Å². The molecule has 0 aliphatic heterocycles. The van der Waals surface area contributed by atoms with Crippen molar-refractivity contribution in [1.82, 2.24) is 5.32 Å². The first-order chi connectivity index (χ1) is 12.7. The largest absolute Gasteiger partial charge is 0.493 e. The van der Waals surface area contributed by atoms with Crippen molar-refractivity contribution in [3.8, 4) is 5.75 Å². The van der Waals surface area contributed by atoms with Gasteiger partial charge in [0.15, 0.2) is 17.1 Å². The zero-order valence-corrected chi connectivity index (χ0v) is 15.2. The number of carbonyl (C=O) groups excluding carboxylic acids is 1. The molecule has 134 valence electrons. The molecule has 3 aromatic rings. The van der Waals surface area contributed by atoms with Crippen molar-refractivity contribution in [1.29, 1.82) is 0 Å². The van der Waals surface area contributed by atoms with E-state index < -0.39 is 0 Å². The predicted octanol–water partition coefficient (Wildman–Crippen LogP) is 4.81. The second-order valence-corrected chi connectivity index (χ2v) is 6.92. The number of hydrogen-bond acceptors (Lipinski definition) is 3. The van der Waals surface area contributed by atoms with Crippen molar-refractivity contribution in [2.24, 2.45) is 0 Å². The Labute approximate surface area is 153 Å². The van der Waals surface area contributed by atoms with E-state index in [1.807, 2.05) is 25.1 Å². The average molecular weight is 349 g/mol. The molecule has 1 amide bonds. The Kier molecular flexibility index (Phi) is 4.41. The van der Waals surface area contributed by atoms with E-state index in [0.29, 0.717) is 17.1 Å². The molecule has 0 unspecified atom stereocenters. The van der Waals surface area contributed by atoms with Gasteiger partial charge in [-0.2, -0.15) is 0 Å². The molecule has 4 heteroatoms. The summed E-state index contributed by atoms with van der Waals surface area (Å²) in [5, 5.41) is 3.90. The van der Waals surface area contributed by atoms with Crippen molar-refractivity contribution >= 4 is 16.9 Å². The van der Waals surface area contributed by atoms with Gasteiger partial charge < -0.3 is 14.5 Å². The molecule has 1 aliphatic carbocycles. The van der Waals surface area contributed by atoms with Crippen LogP contribution < -0.4 is 10.1 Å². The fourth-order valence-electron chi connectivity index (χ4n) is 3.68. The van der Waals surface area contributed by atoms with Crippen molar-refractivity contribution in [3.63, 3.8) is 0 Å². The normalized spacial score (nSPS) is 14.7. The van der Waals surface area contributed by atoms with Crippen LogP contribution in [0.2, 0.25) is 0 Å². The summed E-state index contributed by atoms with van der Waals surface area (Å²) in [7, 11) is 1.59. The van der Waals surface area contributed by atoms with Gasteiger partial charge >= 0.3 is 0 Å². The van der Waals surface area contributed by atoms with Crippen LogP contribution in [-0.2, 0) is 12.8 Å². The van der Waals surface area contributed by atoms with Crippen LogP contribution in [0, 0.1) is 0 Å². The molecule has 0 spiro atoms. The minimum absolute atomic E-state index is 0.0789. The number of rotatable bonds is 4. The molecule has 0 bridgehead atoms. The van der Waals surface area contributed by atoms with Crippen LogP contribution in [0.15, 0.2) is 46.9 Å². The number of aryl methyl sites for hydroxylation is 2. The van der Waals surface area contributed by atoms with Gasteiger partial charge in [0.1, 0.15) is 0 Å². The van der Waals surface area contributed by atoms with Crippen LogP contribution in [0.3, 0.4) is 0 Å². The van der Waals surface area contributed by atoms with Gasteiger partial charge in [-0.05, 0) is 61.4 Å². The summed E-state index contributed by atoms with van der Waals surface area (Å²) in [6.07, 6.45) is 4.82. The lowest BCUT2D eigenvalue weighted by Gasteiger charge is -2.19. The smallest absolute Gasteiger partial charge is 0.287 e. The third kappa shape index (κ3) is 3.07. The third-order valence-corrected chi connectivity index (χ3v) is 5.17. The number of hydrogen-bond donors (Lipinski definition) is 1. The Hall–Kier alpha value is -2.75. The fraction of sp³-hybridized carbons (Fsp3) is 0.318. The molecule has 0 fully saturated rings. The number of benzene rings is 2. The Morgan fingerprint density at radius 3 is 2.73 bits per heavy atom. The number of nitrogens with one attached hydrogen (secondary N) is 1. The van der Waals surface area contributed by atoms with E-state index in [2.05, 4.69) is 23.5 Å². The molecule has 0 radical (unpaired) electrons. The predicted molar refractivity (Wildman–Crippen MR) is 102 cm³/mol. The topological polar surface area (TPSA) is 51.5 Å². The van der Waals surface area contributed by atoms with Crippen LogP contribution in [0.4, 0.5) is 0 Å². The van der Waals surface area contributed by atoms with E-state index in [-0.39, 0.29) is 11.9 Å². The number of ether oxygens (including phenoxy) is 1. The van der Waals surface area contributed by atoms with E-state index >= 15 is 0 Å². The van der Waals surface area contributed by atoms with Crippen LogP contribution in [0.1, 0.15) is 53.1 Å². The lowest BCUT2D eigenvalue weighted by atomic mass is 9.89. The number of carbonyl (C=O) groups is 1. The third-order valence-electron chi connectivity index (χ3n) is 5.17. The first-order valence-corrected chi connectivity index (χ1v) is 9.15. The summed E-state index contributed by atoms with van der Waals surface area (Å²) in [6.45, 7) is 2.01. The minimum atomic E-state index is -0.214. The van der Waals surface area contributed by atoms with Crippen LogP contribution in [0.25, 0.3) is 11.0 Å². The van der Waals surface area contributed by atoms with E-state index in [1.165, 1.54) is 24.0 Å². The Morgan fingerprint density at radius 1 is 1.12 bits per heavy atom. The standard InChI is InChI=1S/C22H23NO3/c1-14(16-11-10-15-6-3-4-7-17(15)12-16)23-22(24)20-13-18-8-5-9-19(25-2)21(18)26-20/h5,8-14H,3-4,6-7H2,1-2H3,(H,23,24)/t14-/m1/s1. The maximum atomic E-state index is 12.6. The van der Waals surface area contributed by atoms with E-state index in [0.717, 1.165) is 23.8 Å². The van der Waals surface area contributed by atoms with Crippen molar-refractivity contribution in [2.75, 3.05) is 7.11 Å². The average Bonchev–Trinajstić information content (AvgIpc) is 3.12. The lowest BCUT2D eigenvalue weighted by molar-refractivity contribution is 0.0914. The van der Waals surface area contributed by atoms with Crippen molar-refractivity contribution < 1.29 is 13.9 Å². The highest BCUT2D eigenvalue weighted by atomic mass is 16.5. The number of para-hydroxylation sites is 1. The highest BCUT2D eigenvalue weighted by molar-refractivity contribution is 5.97. The summed E-state index contributed by atoms with van der Waals surface area (Å²) < 4.78 is 11.0. The van der Waals surface area contributed by atoms with Gasteiger partial charge in [0.25, 0.3) is 5.91 Å². The molecule has 1 heterocycles. The molecule has 1 aromatic heterocycles. The second kappa shape index (κ2) is 6.87. The number of furan rings is 1. The quantitative estimate of drug-likeness (QED) is 0.735. The van der Waals surface area contributed by atoms with E-state index in [1.54, 1.807) is 13.2 Å². The molecular formula is C22H23NO3. The Morgan fingerprint density at radius 2 is 1.92 bits per heavy atom. The van der Waals surface area contributed by atoms with Gasteiger partial charge in [-0.1, -0.05) is 30.3 Å². The van der Waals surface area contributed by atoms with Crippen LogP contribution >= 0.6 is 0 Å². The van der Waals surface area contributed by atoms with Gasteiger partial charge in [0.2, 0.25) is 0 Å². The number of methoxy groups -OCH3 is 1. The number of amides is 1. The van der Waals surface area contributed by atoms with Crippen LogP contribution in [-0.4, -0.2) is 13.0 Å². The summed E-state index contributed by atoms with van der Waals surface area (Å²) in [5.74, 6) is 0.715. The maximum Gasteiger partial charge on any atom is 0.287 e. The highest BCUT2D eigenvalue weighted by Crippen LogP contribution is 2.29. The molecular weight excluding hydrogens is 326 g/mol. The Balaban J connectivity index is 1.54. The van der Waals surface area contributed by atoms with Crippen molar-refractivity contribution in [3.05, 3.63) is 64.9 Å². The van der Waals surface area contributed by atoms with E-state index in [9.17, 15) is 4.79 Å². The molecule has 4 nitrogen and oxygen atoms in total. The SMILES string of the molecule is COc1cccc2cc(C(=O)N[C@H](C)c3ccc4c(c3)CCCC4)oc12. The first-order valence-electron chi connectivity index (χ1n) is 9.15. The monoisotopic (exact) mass is 349 g/mol. The van der Waals surface area contributed by atoms with Gasteiger partial charge in [-0.15, -0.1) is 0 Å². The lowest BCUT2D eigenvalue weighted by Crippen LogP contribution is -2.26. The highest BCUT2D eigenvalue weighted by Gasteiger charge is 2.18. The molecule has 4 rings (SSSR count). The molecule has 0 saturated carbocycles. The number of fused-ring (bicyclic) bond motifs is 2. The molecule has 1 aliphatic rings. The minimum Gasteiger partial charge on any atom is -0.493 e. The fourth-order valence-corrected chi connectivity index (χ4v) is 3.68. The summed E-state index contributed by atoms with van der Waals surface area (Å²) >= 11 is 0. The molecule has 0 saturated heterocycles. The van der Waals surface area contributed by atoms with Gasteiger partial charge in [-0.3, -0.25) is 4.79 Å². The van der Waals surface area contributed by atoms with E-state index in [4.69, 9.17) is 9.15 Å². The molecule has 1 atom stereocenters. The zero-order valence-electron chi connectivity index (χ0n) is 15.2. The second-order valence-electron chi connectivity index (χ2n) is 6.92. The molecule has 26 heavy (non-hydrogen) atoms. The summed E-state index contributed by atoms with van der Waals surface area (Å²) in [5.41, 5.74) is 4.60. The molecule has 2 aromatic carbocycles. The van der Waals surface area contributed by atoms with Gasteiger partial charge in [0, 0.05) is 5.39 Å². The Bertz CT molecular complexity index is 957. The summed E-state index contributed by atoms with van der Waals surface area (Å²) in [6, 6.07) is 13.9. The first kappa shape index (κ1) is 16.7. The van der Waals surface area contributed by atoms with Gasteiger partial charge in [-0.25, -0.2) is 0 Å². The van der Waals surface area contributed by atoms with Crippen molar-refractivity contribution in [2.45, 2.75) is 38.6 Å². The van der Waals surface area contributed by atoms with Crippen LogP contribution in [0.5, 0.6) is 5.75 Å². The zero-order chi connectivity index (χ0) is 18.1.